The molecule has 0 unspecified atom stereocenters. The van der Waals surface area contributed by atoms with Crippen LogP contribution in [0.1, 0.15) is 5.56 Å². The predicted octanol–water partition coefficient (Wildman–Crippen LogP) is 8.97. The van der Waals surface area contributed by atoms with Gasteiger partial charge in [0.1, 0.15) is 11.2 Å². The minimum absolute atomic E-state index is 0.886. The van der Waals surface area contributed by atoms with Gasteiger partial charge in [0.05, 0.1) is 11.1 Å². The lowest BCUT2D eigenvalue weighted by Crippen LogP contribution is -1.91. The highest BCUT2D eigenvalue weighted by Crippen LogP contribution is 2.37. The molecule has 6 rings (SSSR count). The Labute approximate surface area is 193 Å². The van der Waals surface area contributed by atoms with E-state index in [0.29, 0.717) is 0 Å². The highest BCUT2D eigenvalue weighted by Gasteiger charge is 2.12. The largest absolute Gasteiger partial charge is 0.456 e. The Morgan fingerprint density at radius 3 is 2.06 bits per heavy atom. The van der Waals surface area contributed by atoms with Gasteiger partial charge in [0, 0.05) is 11.1 Å². The number of benzene rings is 5. The Bertz CT molecular complexity index is 1580. The summed E-state index contributed by atoms with van der Waals surface area (Å²) >= 11 is 0. The molecule has 2 heteroatoms. The summed E-state index contributed by atoms with van der Waals surface area (Å²) < 4.78 is 6.24. The Morgan fingerprint density at radius 1 is 0.545 bits per heavy atom. The highest BCUT2D eigenvalue weighted by molar-refractivity contribution is 6.12. The van der Waals surface area contributed by atoms with Crippen molar-refractivity contribution in [3.05, 3.63) is 121 Å². The third kappa shape index (κ3) is 3.66. The average Bonchev–Trinajstić information content (AvgIpc) is 3.24. The molecule has 2 nitrogen and oxygen atoms in total. The summed E-state index contributed by atoms with van der Waals surface area (Å²) in [5.74, 6) is 0. The first-order valence-electron chi connectivity index (χ1n) is 11.2. The predicted molar refractivity (Wildman–Crippen MR) is 139 cm³/mol. The molecule has 33 heavy (non-hydrogen) atoms. The van der Waals surface area contributed by atoms with E-state index < -0.39 is 0 Å². The smallest absolute Gasteiger partial charge is 0.137 e. The Balaban J connectivity index is 1.36. The van der Waals surface area contributed by atoms with E-state index in [1.807, 2.05) is 18.2 Å². The monoisotopic (exact) mass is 425 g/mol. The second-order valence-corrected chi connectivity index (χ2v) is 8.43. The fraction of sp³-hybridized carbons (Fsp3) is 0.0323. The van der Waals surface area contributed by atoms with Crippen molar-refractivity contribution < 1.29 is 4.42 Å². The van der Waals surface area contributed by atoms with E-state index in [-0.39, 0.29) is 0 Å². The molecule has 0 radical (unpaired) electrons. The van der Waals surface area contributed by atoms with Gasteiger partial charge in [0.15, 0.2) is 0 Å². The summed E-state index contributed by atoms with van der Waals surface area (Å²) in [6.45, 7) is 2.12. The Morgan fingerprint density at radius 2 is 1.24 bits per heavy atom. The van der Waals surface area contributed by atoms with Gasteiger partial charge in [-0.3, -0.25) is 0 Å². The number of rotatable bonds is 4. The minimum atomic E-state index is 0.886. The van der Waals surface area contributed by atoms with Crippen molar-refractivity contribution in [2.75, 3.05) is 5.32 Å². The van der Waals surface area contributed by atoms with E-state index >= 15 is 0 Å². The molecule has 0 fully saturated rings. The van der Waals surface area contributed by atoms with Crippen LogP contribution in [0.25, 0.3) is 44.2 Å². The molecule has 0 aliphatic carbocycles. The molecule has 158 valence electrons. The molecular weight excluding hydrogens is 402 g/mol. The van der Waals surface area contributed by atoms with Crippen molar-refractivity contribution in [1.29, 1.82) is 0 Å². The van der Waals surface area contributed by atoms with Gasteiger partial charge in [-0.2, -0.15) is 0 Å². The topological polar surface area (TPSA) is 25.2 Å². The van der Waals surface area contributed by atoms with Crippen molar-refractivity contribution in [2.24, 2.45) is 0 Å². The molecule has 0 spiro atoms. The van der Waals surface area contributed by atoms with Crippen LogP contribution < -0.4 is 5.32 Å². The highest BCUT2D eigenvalue weighted by atomic mass is 16.3. The third-order valence-corrected chi connectivity index (χ3v) is 6.12. The van der Waals surface area contributed by atoms with Gasteiger partial charge in [-0.15, -0.1) is 0 Å². The van der Waals surface area contributed by atoms with E-state index in [1.165, 1.54) is 22.3 Å². The van der Waals surface area contributed by atoms with Crippen LogP contribution in [0.15, 0.2) is 120 Å². The number of hydrogen-bond acceptors (Lipinski definition) is 2. The maximum absolute atomic E-state index is 6.24. The summed E-state index contributed by atoms with van der Waals surface area (Å²) in [7, 11) is 0. The van der Waals surface area contributed by atoms with Crippen molar-refractivity contribution in [3.8, 4) is 22.3 Å². The van der Waals surface area contributed by atoms with E-state index in [1.54, 1.807) is 0 Å². The van der Waals surface area contributed by atoms with E-state index in [2.05, 4.69) is 109 Å². The first-order valence-corrected chi connectivity index (χ1v) is 11.2. The number of anilines is 2. The van der Waals surface area contributed by atoms with Crippen LogP contribution in [0.3, 0.4) is 0 Å². The Hall–Kier alpha value is -4.30. The lowest BCUT2D eigenvalue weighted by Gasteiger charge is -2.09. The zero-order chi connectivity index (χ0) is 22.2. The zero-order valence-electron chi connectivity index (χ0n) is 18.4. The van der Waals surface area contributed by atoms with Crippen LogP contribution in [-0.2, 0) is 0 Å². The first-order chi connectivity index (χ1) is 16.2. The van der Waals surface area contributed by atoms with Gasteiger partial charge in [0.2, 0.25) is 0 Å². The molecule has 1 heterocycles. The van der Waals surface area contributed by atoms with Crippen molar-refractivity contribution in [1.82, 2.24) is 0 Å². The molecule has 0 atom stereocenters. The maximum Gasteiger partial charge on any atom is 0.137 e. The van der Waals surface area contributed by atoms with Gasteiger partial charge in [-0.1, -0.05) is 84.4 Å². The van der Waals surface area contributed by atoms with Gasteiger partial charge in [-0.25, -0.2) is 0 Å². The van der Waals surface area contributed by atoms with Crippen molar-refractivity contribution >= 4 is 33.3 Å². The summed E-state index contributed by atoms with van der Waals surface area (Å²) in [5, 5.41) is 5.82. The average molecular weight is 426 g/mol. The number of nitrogens with one attached hydrogen (secondary N) is 1. The zero-order valence-corrected chi connectivity index (χ0v) is 18.4. The van der Waals surface area contributed by atoms with Gasteiger partial charge in [0.25, 0.3) is 0 Å². The molecule has 1 N–H and O–H groups in total. The van der Waals surface area contributed by atoms with Gasteiger partial charge >= 0.3 is 0 Å². The fourth-order valence-electron chi connectivity index (χ4n) is 4.47. The summed E-state index contributed by atoms with van der Waals surface area (Å²) in [6, 6.07) is 40.2. The minimum Gasteiger partial charge on any atom is -0.456 e. The number of aryl methyl sites for hydroxylation is 1. The summed E-state index contributed by atoms with van der Waals surface area (Å²) in [6.07, 6.45) is 0. The third-order valence-electron chi connectivity index (χ3n) is 6.12. The van der Waals surface area contributed by atoms with Crippen molar-refractivity contribution in [3.63, 3.8) is 0 Å². The number of furan rings is 1. The van der Waals surface area contributed by atoms with Crippen LogP contribution in [0.2, 0.25) is 0 Å². The molecular formula is C31H23NO. The molecule has 0 amide bonds. The summed E-state index contributed by atoms with van der Waals surface area (Å²) in [4.78, 5) is 0. The second kappa shape index (κ2) is 7.99. The van der Waals surface area contributed by atoms with E-state index in [0.717, 1.165) is 38.9 Å². The van der Waals surface area contributed by atoms with E-state index in [9.17, 15) is 0 Å². The fourth-order valence-corrected chi connectivity index (χ4v) is 4.47. The quantitative estimate of drug-likeness (QED) is 0.305. The molecule has 0 bridgehead atoms. The maximum atomic E-state index is 6.24. The van der Waals surface area contributed by atoms with Crippen LogP contribution in [0.4, 0.5) is 11.4 Å². The van der Waals surface area contributed by atoms with Gasteiger partial charge in [-0.05, 0) is 65.6 Å². The van der Waals surface area contributed by atoms with Crippen LogP contribution in [0, 0.1) is 6.92 Å². The van der Waals surface area contributed by atoms with Gasteiger partial charge < -0.3 is 9.73 Å². The van der Waals surface area contributed by atoms with E-state index in [4.69, 9.17) is 4.42 Å². The molecule has 1 aromatic heterocycles. The van der Waals surface area contributed by atoms with Crippen LogP contribution >= 0.6 is 0 Å². The van der Waals surface area contributed by atoms with Crippen LogP contribution in [0.5, 0.6) is 0 Å². The molecule has 0 saturated heterocycles. The normalized spacial score (nSPS) is 11.2. The number of hydrogen-bond donors (Lipinski definition) is 1. The standard InChI is InChI=1S/C31H23NO/c1-21-7-5-10-24(19-21)23-13-16-26(17-14-23)32-28-11-6-12-29-31(28)27-18-15-25(20-30(27)33-29)22-8-3-2-4-9-22/h2-20,32H,1H3. The lowest BCUT2D eigenvalue weighted by molar-refractivity contribution is 0.669. The molecule has 0 aliphatic heterocycles. The van der Waals surface area contributed by atoms with Crippen LogP contribution in [-0.4, -0.2) is 0 Å². The molecule has 5 aromatic carbocycles. The lowest BCUT2D eigenvalue weighted by atomic mass is 10.0. The summed E-state index contributed by atoms with van der Waals surface area (Å²) in [5.41, 5.74) is 9.94. The first kappa shape index (κ1) is 19.4. The second-order valence-electron chi connectivity index (χ2n) is 8.43. The SMILES string of the molecule is Cc1cccc(-c2ccc(Nc3cccc4oc5cc(-c6ccccc6)ccc5c34)cc2)c1. The molecule has 6 aromatic rings. The molecule has 0 saturated carbocycles. The van der Waals surface area contributed by atoms with Crippen molar-refractivity contribution in [2.45, 2.75) is 6.92 Å². The molecule has 0 aliphatic rings. The Kier molecular flexibility index (Phi) is 4.70. The number of fused-ring (bicyclic) bond motifs is 3.